The van der Waals surface area contributed by atoms with Gasteiger partial charge in [0.05, 0.1) is 18.3 Å². The van der Waals surface area contributed by atoms with Crippen molar-refractivity contribution in [2.45, 2.75) is 38.0 Å². The molecule has 15 nitrogen and oxygen atoms in total. The summed E-state index contributed by atoms with van der Waals surface area (Å²) in [4.78, 5) is 74.1. The highest BCUT2D eigenvalue weighted by Crippen LogP contribution is 2.32. The molecule has 2 atom stereocenters. The van der Waals surface area contributed by atoms with Crippen molar-refractivity contribution in [1.29, 1.82) is 0 Å². The van der Waals surface area contributed by atoms with E-state index >= 15 is 0 Å². The summed E-state index contributed by atoms with van der Waals surface area (Å²) in [5.41, 5.74) is 2.27. The van der Waals surface area contributed by atoms with Gasteiger partial charge in [-0.1, -0.05) is 11.6 Å². The summed E-state index contributed by atoms with van der Waals surface area (Å²) in [6.07, 6.45) is 2.57. The number of carbonyl (C=O) groups is 4. The molecule has 2 fully saturated rings. The van der Waals surface area contributed by atoms with Crippen LogP contribution in [0.25, 0.3) is 10.9 Å². The number of amides is 4. The van der Waals surface area contributed by atoms with Crippen LogP contribution in [-0.2, 0) is 28.0 Å². The van der Waals surface area contributed by atoms with Crippen LogP contribution in [0.2, 0.25) is 5.02 Å². The van der Waals surface area contributed by atoms with Gasteiger partial charge in [-0.05, 0) is 54.4 Å². The van der Waals surface area contributed by atoms with Crippen LogP contribution in [0.5, 0.6) is 11.5 Å². The summed E-state index contributed by atoms with van der Waals surface area (Å²) >= 11 is 6.50. The lowest BCUT2D eigenvalue weighted by atomic mass is 10.0. The number of benzene rings is 2. The average molecular weight is 701 g/mol. The summed E-state index contributed by atoms with van der Waals surface area (Å²) in [6, 6.07) is 11.7. The molecule has 0 radical (unpaired) electrons. The molecular weight excluding hydrogens is 668 g/mol. The SMILES string of the molecule is CNC(=O)COc1cc2cc(Nc3nc(N4CCC(Oc5ccc6c(c5)CN(C5CCC(=O)NC5=O)C6=O)C4)ncc3Cl)ccc2n(C)c1=O. The number of pyridine rings is 1. The summed E-state index contributed by atoms with van der Waals surface area (Å²) in [6.45, 7) is 1.14. The van der Waals surface area contributed by atoms with E-state index in [0.717, 1.165) is 5.56 Å². The number of halogens is 1. The van der Waals surface area contributed by atoms with Crippen LogP contribution in [0.3, 0.4) is 0 Å². The lowest BCUT2D eigenvalue weighted by molar-refractivity contribution is -0.137. The van der Waals surface area contributed by atoms with E-state index in [1.807, 2.05) is 17.0 Å². The van der Waals surface area contributed by atoms with Crippen LogP contribution in [0.1, 0.15) is 35.2 Å². The average Bonchev–Trinajstić information content (AvgIpc) is 3.70. The normalized spacial score (nSPS) is 18.7. The van der Waals surface area contributed by atoms with Crippen molar-refractivity contribution >= 4 is 63.6 Å². The van der Waals surface area contributed by atoms with E-state index in [1.54, 1.807) is 37.4 Å². The Hall–Kier alpha value is -5.70. The number of carbonyl (C=O) groups excluding carboxylic acids is 4. The molecule has 0 bridgehead atoms. The van der Waals surface area contributed by atoms with Gasteiger partial charge < -0.3 is 34.5 Å². The molecule has 2 aromatic carbocycles. The number of piperidine rings is 1. The van der Waals surface area contributed by atoms with Crippen molar-refractivity contribution in [2.75, 3.05) is 37.0 Å². The van der Waals surface area contributed by atoms with Gasteiger partial charge in [-0.2, -0.15) is 4.98 Å². The first-order valence-electron chi connectivity index (χ1n) is 16.0. The molecule has 2 saturated heterocycles. The van der Waals surface area contributed by atoms with Gasteiger partial charge in [0.25, 0.3) is 17.4 Å². The molecule has 3 N–H and O–H groups in total. The fraction of sp³-hybridized carbons (Fsp3) is 0.324. The molecule has 258 valence electrons. The van der Waals surface area contributed by atoms with Crippen LogP contribution in [0.4, 0.5) is 17.5 Å². The maximum atomic E-state index is 13.1. The van der Waals surface area contributed by atoms with Crippen molar-refractivity contribution < 1.29 is 28.7 Å². The zero-order valence-corrected chi connectivity index (χ0v) is 28.0. The van der Waals surface area contributed by atoms with E-state index in [2.05, 4.69) is 20.9 Å². The van der Waals surface area contributed by atoms with Crippen molar-refractivity contribution in [3.8, 4) is 11.5 Å². The quantitative estimate of drug-likeness (QED) is 0.218. The lowest BCUT2D eigenvalue weighted by Crippen LogP contribution is -2.52. The second-order valence-corrected chi connectivity index (χ2v) is 12.7. The van der Waals surface area contributed by atoms with E-state index in [-0.39, 0.29) is 54.7 Å². The van der Waals surface area contributed by atoms with Crippen molar-refractivity contribution in [3.63, 3.8) is 0 Å². The molecule has 0 saturated carbocycles. The molecule has 5 heterocycles. The molecule has 50 heavy (non-hydrogen) atoms. The standard InChI is InChI=1S/C34H33ClN8O7/c1-36-29(45)17-49-27-13-18-11-20(3-6-25(18)41(2)33(27)48)38-30-24(35)14-37-34(40-30)42-10-9-22(16-42)50-21-4-5-23-19(12-21)15-43(32(23)47)26-7-8-28(44)39-31(26)46/h3-6,11-14,22,26H,7-10,15-17H2,1-2H3,(H,36,45)(H,37,38,40)(H,39,44,46). The number of imide groups is 1. The number of rotatable bonds is 9. The molecule has 0 spiro atoms. The minimum Gasteiger partial charge on any atom is -0.489 e. The molecule has 2 aromatic heterocycles. The highest BCUT2D eigenvalue weighted by molar-refractivity contribution is 6.33. The Morgan fingerprint density at radius 1 is 1.10 bits per heavy atom. The van der Waals surface area contributed by atoms with E-state index in [0.29, 0.717) is 70.6 Å². The van der Waals surface area contributed by atoms with Crippen LogP contribution in [0, 0.1) is 0 Å². The van der Waals surface area contributed by atoms with Crippen molar-refractivity contribution in [3.05, 3.63) is 75.2 Å². The molecule has 4 aromatic rings. The van der Waals surface area contributed by atoms with Crippen molar-refractivity contribution in [1.82, 2.24) is 30.1 Å². The number of fused-ring (bicyclic) bond motifs is 2. The number of aryl methyl sites for hydroxylation is 1. The molecule has 3 aliphatic heterocycles. The van der Waals surface area contributed by atoms with Gasteiger partial charge >= 0.3 is 0 Å². The predicted octanol–water partition coefficient (Wildman–Crippen LogP) is 2.27. The first kappa shape index (κ1) is 32.8. The Morgan fingerprint density at radius 3 is 2.74 bits per heavy atom. The fourth-order valence-corrected chi connectivity index (χ4v) is 6.55. The van der Waals surface area contributed by atoms with Gasteiger partial charge in [-0.25, -0.2) is 4.98 Å². The molecule has 0 aliphatic carbocycles. The third-order valence-electron chi connectivity index (χ3n) is 9.05. The van der Waals surface area contributed by atoms with Crippen LogP contribution < -0.4 is 35.9 Å². The van der Waals surface area contributed by atoms with E-state index < -0.39 is 11.9 Å². The number of hydrogen-bond acceptors (Lipinski definition) is 11. The third kappa shape index (κ3) is 6.39. The van der Waals surface area contributed by atoms with Crippen molar-refractivity contribution in [2.24, 2.45) is 7.05 Å². The van der Waals surface area contributed by atoms with Gasteiger partial charge in [0, 0.05) is 56.7 Å². The molecular formula is C34H33ClN8O7. The number of nitrogens with one attached hydrogen (secondary N) is 3. The van der Waals surface area contributed by atoms with Gasteiger partial charge in [-0.15, -0.1) is 0 Å². The molecule has 4 amide bonds. The molecule has 3 aliphatic rings. The largest absolute Gasteiger partial charge is 0.489 e. The number of hydrogen-bond donors (Lipinski definition) is 3. The first-order chi connectivity index (χ1) is 24.1. The minimum absolute atomic E-state index is 0.0523. The van der Waals surface area contributed by atoms with E-state index in [4.69, 9.17) is 26.1 Å². The zero-order valence-electron chi connectivity index (χ0n) is 27.2. The maximum Gasteiger partial charge on any atom is 0.293 e. The third-order valence-corrected chi connectivity index (χ3v) is 9.32. The first-order valence-corrected chi connectivity index (χ1v) is 16.4. The van der Waals surface area contributed by atoms with E-state index in [1.165, 1.54) is 22.7 Å². The Labute approximate surface area is 290 Å². The summed E-state index contributed by atoms with van der Waals surface area (Å²) in [7, 11) is 3.12. The summed E-state index contributed by atoms with van der Waals surface area (Å²) in [5.74, 6) is 0.172. The van der Waals surface area contributed by atoms with Gasteiger partial charge in [0.1, 0.15) is 22.9 Å². The topological polar surface area (TPSA) is 177 Å². The van der Waals surface area contributed by atoms with E-state index in [9.17, 15) is 24.0 Å². The monoisotopic (exact) mass is 700 g/mol. The Bertz CT molecular complexity index is 2120. The van der Waals surface area contributed by atoms with Crippen LogP contribution in [-0.4, -0.2) is 82.0 Å². The Balaban J connectivity index is 1.02. The molecule has 16 heteroatoms. The second kappa shape index (κ2) is 13.3. The highest BCUT2D eigenvalue weighted by atomic mass is 35.5. The maximum absolute atomic E-state index is 13.1. The number of ether oxygens (including phenoxy) is 2. The van der Waals surface area contributed by atoms with Gasteiger partial charge in [0.2, 0.25) is 17.8 Å². The zero-order chi connectivity index (χ0) is 35.1. The smallest absolute Gasteiger partial charge is 0.293 e. The molecule has 2 unspecified atom stereocenters. The summed E-state index contributed by atoms with van der Waals surface area (Å²) in [5, 5.41) is 9.05. The van der Waals surface area contributed by atoms with Crippen LogP contribution in [0.15, 0.2) is 53.5 Å². The Kier molecular flexibility index (Phi) is 8.74. The minimum atomic E-state index is -0.677. The predicted molar refractivity (Wildman–Crippen MR) is 183 cm³/mol. The van der Waals surface area contributed by atoms with Gasteiger partial charge in [0.15, 0.2) is 18.2 Å². The summed E-state index contributed by atoms with van der Waals surface area (Å²) < 4.78 is 13.2. The van der Waals surface area contributed by atoms with Crippen LogP contribution >= 0.6 is 11.6 Å². The number of anilines is 3. The number of likely N-dealkylation sites (N-methyl/N-ethyl adjacent to an activating group) is 1. The number of aromatic nitrogens is 3. The highest BCUT2D eigenvalue weighted by Gasteiger charge is 2.39. The Morgan fingerprint density at radius 2 is 1.94 bits per heavy atom. The number of nitrogens with zero attached hydrogens (tertiary/aromatic N) is 5. The van der Waals surface area contributed by atoms with Gasteiger partial charge in [-0.3, -0.25) is 29.3 Å². The fourth-order valence-electron chi connectivity index (χ4n) is 6.41. The second-order valence-electron chi connectivity index (χ2n) is 12.3. The lowest BCUT2D eigenvalue weighted by Gasteiger charge is -2.29. The molecule has 7 rings (SSSR count).